The lowest BCUT2D eigenvalue weighted by Gasteiger charge is -2.37. The van der Waals surface area contributed by atoms with Gasteiger partial charge in [0.2, 0.25) is 5.91 Å². The monoisotopic (exact) mass is 409 g/mol. The fourth-order valence-corrected chi connectivity index (χ4v) is 6.03. The molecule has 0 radical (unpaired) electrons. The van der Waals surface area contributed by atoms with Gasteiger partial charge in [-0.25, -0.2) is 13.2 Å². The summed E-state index contributed by atoms with van der Waals surface area (Å²) in [6.45, 7) is 0.783. The van der Waals surface area contributed by atoms with Crippen molar-refractivity contribution in [2.45, 2.75) is 60.3 Å². The van der Waals surface area contributed by atoms with Crippen LogP contribution >= 0.6 is 0 Å². The van der Waals surface area contributed by atoms with Crippen molar-refractivity contribution in [2.75, 3.05) is 13.1 Å². The highest BCUT2D eigenvalue weighted by Crippen LogP contribution is 2.33. The number of benzene rings is 1. The molecule has 8 nitrogen and oxygen atoms in total. The zero-order chi connectivity index (χ0) is 20.2. The van der Waals surface area contributed by atoms with Crippen molar-refractivity contribution in [3.8, 4) is 0 Å². The second-order valence-electron chi connectivity index (χ2n) is 7.48. The van der Waals surface area contributed by atoms with Crippen molar-refractivity contribution in [3.05, 3.63) is 30.3 Å². The Morgan fingerprint density at radius 2 is 1.82 bits per heavy atom. The summed E-state index contributed by atoms with van der Waals surface area (Å²) in [5.74, 6) is -0.456. The van der Waals surface area contributed by atoms with Crippen molar-refractivity contribution < 1.29 is 22.7 Å². The summed E-state index contributed by atoms with van der Waals surface area (Å²) in [5.41, 5.74) is 5.05. The number of hydrogen-bond donors (Lipinski definition) is 3. The highest BCUT2D eigenvalue weighted by Gasteiger charge is 2.52. The van der Waals surface area contributed by atoms with Crippen LogP contribution in [0.5, 0.6) is 0 Å². The lowest BCUT2D eigenvalue weighted by atomic mass is 9.91. The van der Waals surface area contributed by atoms with Crippen LogP contribution in [0.3, 0.4) is 0 Å². The van der Waals surface area contributed by atoms with Crippen molar-refractivity contribution in [1.29, 1.82) is 0 Å². The molecule has 28 heavy (non-hydrogen) atoms. The van der Waals surface area contributed by atoms with Gasteiger partial charge in [-0.2, -0.15) is 0 Å². The maximum absolute atomic E-state index is 13.4. The molecular weight excluding hydrogens is 382 g/mol. The predicted octanol–water partition coefficient (Wildman–Crippen LogP) is 1.11. The summed E-state index contributed by atoms with van der Waals surface area (Å²) in [6.07, 6.45) is 2.24. The molecule has 0 bridgehead atoms. The normalized spacial score (nSPS) is 28.3. The van der Waals surface area contributed by atoms with Gasteiger partial charge in [-0.15, -0.1) is 0 Å². The number of sulfone groups is 1. The summed E-state index contributed by atoms with van der Waals surface area (Å²) in [4.78, 5) is 24.3. The summed E-state index contributed by atoms with van der Waals surface area (Å²) in [5, 5.41) is 6.04. The Bertz CT molecular complexity index is 798. The van der Waals surface area contributed by atoms with E-state index in [2.05, 4.69) is 10.6 Å². The van der Waals surface area contributed by atoms with Gasteiger partial charge in [0.1, 0.15) is 6.10 Å². The van der Waals surface area contributed by atoms with E-state index >= 15 is 0 Å². The second kappa shape index (κ2) is 8.48. The SMILES string of the molecule is NC(=O)O[C@H]1CC[C@H](NC(=O)[C@]2(S(=O)(=O)c3ccccc3)CCCNC2)CC1. The van der Waals surface area contributed by atoms with Crippen LogP contribution in [-0.2, 0) is 19.4 Å². The zero-order valence-corrected chi connectivity index (χ0v) is 16.5. The lowest BCUT2D eigenvalue weighted by molar-refractivity contribution is -0.125. The van der Waals surface area contributed by atoms with E-state index in [1.54, 1.807) is 18.2 Å². The Morgan fingerprint density at radius 1 is 1.14 bits per heavy atom. The van der Waals surface area contributed by atoms with Crippen molar-refractivity contribution in [2.24, 2.45) is 5.73 Å². The second-order valence-corrected chi connectivity index (χ2v) is 9.73. The quantitative estimate of drug-likeness (QED) is 0.668. The van der Waals surface area contributed by atoms with Crippen molar-refractivity contribution in [3.63, 3.8) is 0 Å². The van der Waals surface area contributed by atoms with E-state index in [4.69, 9.17) is 10.5 Å². The summed E-state index contributed by atoms with van der Waals surface area (Å²) >= 11 is 0. The molecule has 1 aliphatic heterocycles. The predicted molar refractivity (Wildman–Crippen MR) is 103 cm³/mol. The highest BCUT2D eigenvalue weighted by atomic mass is 32.2. The third-order valence-corrected chi connectivity index (χ3v) is 8.07. The highest BCUT2D eigenvalue weighted by molar-refractivity contribution is 7.93. The molecule has 1 heterocycles. The standard InChI is InChI=1S/C19H27N3O5S/c20-18(24)27-15-9-7-14(8-10-15)22-17(23)19(11-4-12-21-13-19)28(25,26)16-5-2-1-3-6-16/h1-3,5-6,14-15,21H,4,7-13H2,(H2,20,24)(H,22,23)/t14-,15-,19-/m0/s1. The Hall–Kier alpha value is -2.13. The van der Waals surface area contributed by atoms with E-state index in [1.165, 1.54) is 12.1 Å². The number of rotatable bonds is 5. The Labute approximate surface area is 165 Å². The molecule has 2 fully saturated rings. The molecule has 1 aliphatic carbocycles. The Morgan fingerprint density at radius 3 is 2.39 bits per heavy atom. The van der Waals surface area contributed by atoms with Gasteiger partial charge in [0, 0.05) is 12.6 Å². The maximum atomic E-state index is 13.4. The first-order chi connectivity index (χ1) is 13.3. The van der Waals surface area contributed by atoms with Crippen molar-refractivity contribution in [1.82, 2.24) is 10.6 Å². The number of carbonyl (C=O) groups is 2. The van der Waals surface area contributed by atoms with Gasteiger partial charge >= 0.3 is 6.09 Å². The summed E-state index contributed by atoms with van der Waals surface area (Å²) in [6, 6.07) is 7.99. The van der Waals surface area contributed by atoms with Crippen LogP contribution in [0.25, 0.3) is 0 Å². The minimum atomic E-state index is -3.86. The molecule has 9 heteroatoms. The van der Waals surface area contributed by atoms with Gasteiger partial charge in [0.15, 0.2) is 14.6 Å². The topological polar surface area (TPSA) is 128 Å². The first-order valence-electron chi connectivity index (χ1n) is 9.62. The lowest BCUT2D eigenvalue weighted by Crippen LogP contribution is -2.62. The average Bonchev–Trinajstić information content (AvgIpc) is 2.70. The molecule has 154 valence electrons. The van der Waals surface area contributed by atoms with E-state index in [-0.39, 0.29) is 30.0 Å². The summed E-state index contributed by atoms with van der Waals surface area (Å²) < 4.78 is 30.3. The number of ether oxygens (including phenoxy) is 1. The molecule has 0 aromatic heterocycles. The fourth-order valence-electron chi connectivity index (χ4n) is 4.05. The van der Waals surface area contributed by atoms with E-state index in [0.717, 1.165) is 0 Å². The van der Waals surface area contributed by atoms with Crippen LogP contribution in [-0.4, -0.2) is 50.4 Å². The number of primary amides is 1. The van der Waals surface area contributed by atoms with Crippen LogP contribution in [0.1, 0.15) is 38.5 Å². The smallest absolute Gasteiger partial charge is 0.404 e. The molecule has 0 unspecified atom stereocenters. The minimum absolute atomic E-state index is 0.0934. The molecule has 4 N–H and O–H groups in total. The number of piperidine rings is 1. The van der Waals surface area contributed by atoms with E-state index < -0.39 is 26.6 Å². The number of nitrogens with one attached hydrogen (secondary N) is 2. The van der Waals surface area contributed by atoms with Gasteiger partial charge in [0.25, 0.3) is 0 Å². The molecule has 1 saturated carbocycles. The molecule has 3 rings (SSSR count). The Kier molecular flexibility index (Phi) is 6.24. The van der Waals surface area contributed by atoms with Crippen LogP contribution < -0.4 is 16.4 Å². The van der Waals surface area contributed by atoms with Gasteiger partial charge in [-0.05, 0) is 57.2 Å². The minimum Gasteiger partial charge on any atom is -0.446 e. The Balaban J connectivity index is 1.75. The first kappa shape index (κ1) is 20.6. The van der Waals surface area contributed by atoms with E-state index in [1.807, 2.05) is 0 Å². The van der Waals surface area contributed by atoms with Gasteiger partial charge in [-0.3, -0.25) is 4.79 Å². The molecule has 1 saturated heterocycles. The first-order valence-corrected chi connectivity index (χ1v) is 11.1. The van der Waals surface area contributed by atoms with E-state index in [0.29, 0.717) is 38.6 Å². The molecule has 2 aliphatic rings. The van der Waals surface area contributed by atoms with E-state index in [9.17, 15) is 18.0 Å². The van der Waals surface area contributed by atoms with Crippen LogP contribution in [0.15, 0.2) is 35.2 Å². The van der Waals surface area contributed by atoms with Gasteiger partial charge in [-0.1, -0.05) is 18.2 Å². The zero-order valence-electron chi connectivity index (χ0n) is 15.7. The molecule has 0 spiro atoms. The molecule has 1 atom stereocenters. The number of carbonyl (C=O) groups excluding carboxylic acids is 2. The van der Waals surface area contributed by atoms with Crippen LogP contribution in [0.4, 0.5) is 4.79 Å². The largest absolute Gasteiger partial charge is 0.446 e. The third kappa shape index (κ3) is 4.15. The third-order valence-electron chi connectivity index (χ3n) is 5.62. The molecule has 1 aromatic carbocycles. The number of nitrogens with two attached hydrogens (primary N) is 1. The average molecular weight is 410 g/mol. The van der Waals surface area contributed by atoms with Gasteiger partial charge in [0.05, 0.1) is 4.90 Å². The number of hydrogen-bond acceptors (Lipinski definition) is 6. The van der Waals surface area contributed by atoms with Crippen molar-refractivity contribution >= 4 is 21.8 Å². The fraction of sp³-hybridized carbons (Fsp3) is 0.579. The number of amides is 2. The molecule has 1 aromatic rings. The summed E-state index contributed by atoms with van der Waals surface area (Å²) in [7, 11) is -3.86. The molecular formula is C19H27N3O5S. The molecule has 2 amide bonds. The maximum Gasteiger partial charge on any atom is 0.404 e. The van der Waals surface area contributed by atoms with Crippen LogP contribution in [0, 0.1) is 0 Å². The van der Waals surface area contributed by atoms with Crippen LogP contribution in [0.2, 0.25) is 0 Å². The van der Waals surface area contributed by atoms with Gasteiger partial charge < -0.3 is 21.1 Å².